The first-order chi connectivity index (χ1) is 19.6. The number of nitrogens with zero attached hydrogens (tertiary/aromatic N) is 2. The van der Waals surface area contributed by atoms with E-state index >= 15 is 0 Å². The monoisotopic (exact) mass is 599 g/mol. The van der Waals surface area contributed by atoms with E-state index in [2.05, 4.69) is 10.2 Å². The molecule has 3 aromatic rings. The summed E-state index contributed by atoms with van der Waals surface area (Å²) in [5.41, 5.74) is 2.47. The molecule has 9 heteroatoms. The molecule has 41 heavy (non-hydrogen) atoms. The standard InChI is InChI=1S/C32H33Cl2F2N3O2/c1-20(40)37-30-10-8-26(36)16-27(30)22-11-13-39(14-12-22)19-24-17-32(24,23-5-9-28(33)29(34)15-23)31(41)38(2)18-21-3-6-25(35)7-4-21/h3-10,15-16,22,24H,11-14,17-19H2,1-2H3,(H,37,40). The molecule has 3 aromatic carbocycles. The molecule has 0 spiro atoms. The average molecular weight is 601 g/mol. The van der Waals surface area contributed by atoms with Gasteiger partial charge in [-0.15, -0.1) is 0 Å². The van der Waals surface area contributed by atoms with Crippen molar-refractivity contribution in [2.24, 2.45) is 5.92 Å². The molecule has 2 fully saturated rings. The predicted octanol–water partition coefficient (Wildman–Crippen LogP) is 7.03. The third kappa shape index (κ3) is 6.42. The first-order valence-electron chi connectivity index (χ1n) is 13.8. The van der Waals surface area contributed by atoms with E-state index in [4.69, 9.17) is 23.2 Å². The first kappa shape index (κ1) is 29.5. The zero-order valence-corrected chi connectivity index (χ0v) is 24.6. The third-order valence-corrected chi connectivity index (χ3v) is 9.17. The maximum Gasteiger partial charge on any atom is 0.233 e. The summed E-state index contributed by atoms with van der Waals surface area (Å²) in [6.45, 7) is 4.15. The fraction of sp³-hybridized carbons (Fsp3) is 0.375. The van der Waals surface area contributed by atoms with Gasteiger partial charge in [0, 0.05) is 32.7 Å². The molecule has 0 bridgehead atoms. The lowest BCUT2D eigenvalue weighted by atomic mass is 9.87. The van der Waals surface area contributed by atoms with Crippen molar-refractivity contribution >= 4 is 40.7 Å². The lowest BCUT2D eigenvalue weighted by molar-refractivity contribution is -0.133. The van der Waals surface area contributed by atoms with Crippen LogP contribution in [0.15, 0.2) is 60.7 Å². The van der Waals surface area contributed by atoms with Gasteiger partial charge in [0.1, 0.15) is 11.6 Å². The van der Waals surface area contributed by atoms with Crippen molar-refractivity contribution < 1.29 is 18.4 Å². The maximum absolute atomic E-state index is 14.1. The fourth-order valence-corrected chi connectivity index (χ4v) is 6.55. The molecule has 2 unspecified atom stereocenters. The molecule has 1 aliphatic carbocycles. The van der Waals surface area contributed by atoms with Crippen LogP contribution in [0.3, 0.4) is 0 Å². The Hall–Kier alpha value is -3.00. The van der Waals surface area contributed by atoms with Crippen LogP contribution in [0.5, 0.6) is 0 Å². The normalized spacial score (nSPS) is 21.0. The number of rotatable bonds is 8. The highest BCUT2D eigenvalue weighted by Crippen LogP contribution is 2.56. The van der Waals surface area contributed by atoms with Crippen LogP contribution in [0, 0.1) is 17.6 Å². The Bertz CT molecular complexity index is 1440. The largest absolute Gasteiger partial charge is 0.341 e. The average Bonchev–Trinajstić information content (AvgIpc) is 3.66. The second-order valence-electron chi connectivity index (χ2n) is 11.3. The molecule has 1 aliphatic heterocycles. The van der Waals surface area contributed by atoms with E-state index in [9.17, 15) is 18.4 Å². The predicted molar refractivity (Wildman–Crippen MR) is 158 cm³/mol. The van der Waals surface area contributed by atoms with Crippen LogP contribution in [0.2, 0.25) is 10.0 Å². The highest BCUT2D eigenvalue weighted by molar-refractivity contribution is 6.42. The number of benzene rings is 3. The zero-order valence-electron chi connectivity index (χ0n) is 23.1. The second-order valence-corrected chi connectivity index (χ2v) is 12.1. The Morgan fingerprint density at radius 3 is 2.32 bits per heavy atom. The highest BCUT2D eigenvalue weighted by atomic mass is 35.5. The molecule has 1 saturated heterocycles. The van der Waals surface area contributed by atoms with Crippen molar-refractivity contribution in [3.05, 3.63) is 99.0 Å². The second kappa shape index (κ2) is 12.1. The molecular formula is C32H33Cl2F2N3O2. The minimum absolute atomic E-state index is 0.000176. The molecule has 1 saturated carbocycles. The van der Waals surface area contributed by atoms with E-state index in [1.165, 1.54) is 31.2 Å². The molecule has 5 rings (SSSR count). The van der Waals surface area contributed by atoms with Crippen LogP contribution in [-0.4, -0.2) is 48.3 Å². The van der Waals surface area contributed by atoms with Gasteiger partial charge >= 0.3 is 0 Å². The Morgan fingerprint density at radius 2 is 1.66 bits per heavy atom. The van der Waals surface area contributed by atoms with Crippen molar-refractivity contribution in [2.75, 3.05) is 32.0 Å². The van der Waals surface area contributed by atoms with Crippen molar-refractivity contribution in [3.63, 3.8) is 0 Å². The molecule has 5 nitrogen and oxygen atoms in total. The van der Waals surface area contributed by atoms with Crippen LogP contribution < -0.4 is 5.32 Å². The minimum atomic E-state index is -0.721. The summed E-state index contributed by atoms with van der Waals surface area (Å²) >= 11 is 12.6. The van der Waals surface area contributed by atoms with Crippen LogP contribution in [0.25, 0.3) is 0 Å². The number of likely N-dealkylation sites (tertiary alicyclic amines) is 1. The van der Waals surface area contributed by atoms with Gasteiger partial charge < -0.3 is 15.1 Å². The number of carbonyl (C=O) groups is 2. The minimum Gasteiger partial charge on any atom is -0.341 e. The van der Waals surface area contributed by atoms with E-state index in [-0.39, 0.29) is 35.3 Å². The number of likely N-dealkylation sites (N-methyl/N-ethyl adjacent to an activating group) is 1. The Kier molecular flexibility index (Phi) is 8.69. The van der Waals surface area contributed by atoms with Gasteiger partial charge in [-0.3, -0.25) is 9.59 Å². The number of piperidine rings is 1. The quantitative estimate of drug-likeness (QED) is 0.302. The smallest absolute Gasteiger partial charge is 0.233 e. The molecule has 2 amide bonds. The first-order valence-corrected chi connectivity index (χ1v) is 14.6. The van der Waals surface area contributed by atoms with Crippen LogP contribution in [0.4, 0.5) is 14.5 Å². The summed E-state index contributed by atoms with van der Waals surface area (Å²) in [7, 11) is 1.78. The summed E-state index contributed by atoms with van der Waals surface area (Å²) in [5.74, 6) is -0.597. The number of carbonyl (C=O) groups excluding carboxylic acids is 2. The summed E-state index contributed by atoms with van der Waals surface area (Å²) < 4.78 is 27.5. The van der Waals surface area contributed by atoms with Gasteiger partial charge in [-0.2, -0.15) is 0 Å². The van der Waals surface area contributed by atoms with E-state index in [0.717, 1.165) is 49.2 Å². The van der Waals surface area contributed by atoms with Crippen molar-refractivity contribution in [2.45, 2.75) is 44.1 Å². The van der Waals surface area contributed by atoms with Gasteiger partial charge in [-0.25, -0.2) is 8.78 Å². The van der Waals surface area contributed by atoms with Gasteiger partial charge in [0.15, 0.2) is 0 Å². The molecule has 2 atom stereocenters. The number of hydrogen-bond donors (Lipinski definition) is 1. The number of nitrogens with one attached hydrogen (secondary N) is 1. The lowest BCUT2D eigenvalue weighted by Crippen LogP contribution is -2.40. The van der Waals surface area contributed by atoms with E-state index in [0.29, 0.717) is 28.7 Å². The van der Waals surface area contributed by atoms with E-state index < -0.39 is 5.41 Å². The molecule has 0 radical (unpaired) electrons. The summed E-state index contributed by atoms with van der Waals surface area (Å²) in [4.78, 5) is 29.8. The Labute approximate surface area is 249 Å². The molecule has 2 aliphatic rings. The SMILES string of the molecule is CC(=O)Nc1ccc(F)cc1C1CCN(CC2CC2(C(=O)N(C)Cc2ccc(F)cc2)c2ccc(Cl)c(Cl)c2)CC1. The Balaban J connectivity index is 1.30. The molecule has 1 N–H and O–H groups in total. The van der Waals surface area contributed by atoms with Gasteiger partial charge in [0.05, 0.1) is 15.5 Å². The highest BCUT2D eigenvalue weighted by Gasteiger charge is 2.62. The summed E-state index contributed by atoms with van der Waals surface area (Å²) in [6.07, 6.45) is 2.33. The summed E-state index contributed by atoms with van der Waals surface area (Å²) in [6, 6.07) is 16.1. The number of anilines is 1. The van der Waals surface area contributed by atoms with E-state index in [1.54, 1.807) is 42.3 Å². The van der Waals surface area contributed by atoms with E-state index in [1.807, 2.05) is 6.07 Å². The molecule has 0 aromatic heterocycles. The third-order valence-electron chi connectivity index (χ3n) is 8.43. The van der Waals surface area contributed by atoms with Gasteiger partial charge in [0.2, 0.25) is 11.8 Å². The lowest BCUT2D eigenvalue weighted by Gasteiger charge is -2.34. The van der Waals surface area contributed by atoms with Crippen LogP contribution in [-0.2, 0) is 21.5 Å². The van der Waals surface area contributed by atoms with Crippen LogP contribution in [0.1, 0.15) is 48.8 Å². The number of amides is 2. The Morgan fingerprint density at radius 1 is 0.976 bits per heavy atom. The number of hydrogen-bond acceptors (Lipinski definition) is 3. The van der Waals surface area contributed by atoms with Crippen LogP contribution >= 0.6 is 23.2 Å². The van der Waals surface area contributed by atoms with Gasteiger partial charge in [-0.05, 0) is 103 Å². The van der Waals surface area contributed by atoms with Crippen molar-refractivity contribution in [1.29, 1.82) is 0 Å². The zero-order chi connectivity index (χ0) is 29.3. The van der Waals surface area contributed by atoms with Gasteiger partial charge in [-0.1, -0.05) is 41.4 Å². The summed E-state index contributed by atoms with van der Waals surface area (Å²) in [5, 5.41) is 3.68. The van der Waals surface area contributed by atoms with Gasteiger partial charge in [0.25, 0.3) is 0 Å². The topological polar surface area (TPSA) is 52.7 Å². The molecular weight excluding hydrogens is 567 g/mol. The maximum atomic E-state index is 14.1. The number of halogens is 4. The molecule has 1 heterocycles. The fourth-order valence-electron chi connectivity index (χ4n) is 6.25. The van der Waals surface area contributed by atoms with Crippen molar-refractivity contribution in [3.8, 4) is 0 Å². The van der Waals surface area contributed by atoms with Crippen molar-refractivity contribution in [1.82, 2.24) is 9.80 Å². The molecule has 216 valence electrons.